The normalized spacial score (nSPS) is 41.7. The molecule has 3 rings (SSSR count). The monoisotopic (exact) mass is 332 g/mol. The van der Waals surface area contributed by atoms with Gasteiger partial charge in [0.25, 0.3) is 0 Å². The van der Waals surface area contributed by atoms with Gasteiger partial charge in [-0.1, -0.05) is 18.9 Å². The standard InChI is InChI=1S/C20H28O4/c1-18(17(23)24-3)8-4-9-19(2)16(18)6-5-14-13-15(22)7-10-20(14,19)11-12-21/h12-13,16H,4-11H2,1-3H3/t16-,18+,19-,20+/m0/s1. The van der Waals surface area contributed by atoms with Gasteiger partial charge in [-0.2, -0.15) is 0 Å². The van der Waals surface area contributed by atoms with Crippen LogP contribution in [0.1, 0.15) is 65.2 Å². The van der Waals surface area contributed by atoms with Gasteiger partial charge in [-0.3, -0.25) is 9.59 Å². The van der Waals surface area contributed by atoms with E-state index in [0.717, 1.165) is 50.4 Å². The Morgan fingerprint density at radius 1 is 1.29 bits per heavy atom. The molecule has 0 aromatic carbocycles. The molecule has 0 unspecified atom stereocenters. The zero-order valence-corrected chi connectivity index (χ0v) is 15.0. The van der Waals surface area contributed by atoms with Crippen LogP contribution in [0.3, 0.4) is 0 Å². The molecule has 0 amide bonds. The van der Waals surface area contributed by atoms with Crippen LogP contribution in [0.15, 0.2) is 11.6 Å². The van der Waals surface area contributed by atoms with E-state index < -0.39 is 5.41 Å². The van der Waals surface area contributed by atoms with Crippen LogP contribution in [-0.2, 0) is 19.1 Å². The zero-order valence-electron chi connectivity index (χ0n) is 15.0. The lowest BCUT2D eigenvalue weighted by atomic mass is 9.39. The van der Waals surface area contributed by atoms with Gasteiger partial charge in [-0.15, -0.1) is 0 Å². The summed E-state index contributed by atoms with van der Waals surface area (Å²) < 4.78 is 5.16. The summed E-state index contributed by atoms with van der Waals surface area (Å²) in [6.45, 7) is 4.29. The Morgan fingerprint density at radius 2 is 2.04 bits per heavy atom. The highest BCUT2D eigenvalue weighted by Crippen LogP contribution is 2.69. The second kappa shape index (κ2) is 5.82. The Morgan fingerprint density at radius 3 is 2.71 bits per heavy atom. The van der Waals surface area contributed by atoms with E-state index in [1.165, 1.54) is 7.11 Å². The summed E-state index contributed by atoms with van der Waals surface area (Å²) in [5.74, 6) is 0.246. The summed E-state index contributed by atoms with van der Waals surface area (Å²) in [6.07, 6.45) is 9.03. The first kappa shape index (κ1) is 17.4. The molecule has 2 fully saturated rings. The van der Waals surface area contributed by atoms with Crippen molar-refractivity contribution in [1.82, 2.24) is 0 Å². The van der Waals surface area contributed by atoms with Gasteiger partial charge in [0.1, 0.15) is 6.29 Å². The number of fused-ring (bicyclic) bond motifs is 3. The third kappa shape index (κ3) is 2.14. The number of hydrogen-bond donors (Lipinski definition) is 0. The number of carbonyl (C=O) groups is 3. The molecule has 4 atom stereocenters. The number of ether oxygens (including phenoxy) is 1. The number of hydrogen-bond acceptors (Lipinski definition) is 4. The molecule has 0 heterocycles. The SMILES string of the molecule is COC(=O)[C@]1(C)CCC[C@@]2(C)[C@H]1CCC1=CC(=O)CC[C@@]12CC=O. The van der Waals surface area contributed by atoms with Crippen molar-refractivity contribution in [2.45, 2.75) is 65.2 Å². The van der Waals surface area contributed by atoms with Crippen molar-refractivity contribution in [1.29, 1.82) is 0 Å². The predicted octanol–water partition coefficient (Wildman–Crippen LogP) is 3.63. The first-order valence-electron chi connectivity index (χ1n) is 9.10. The van der Waals surface area contributed by atoms with Crippen molar-refractivity contribution >= 4 is 18.0 Å². The molecule has 4 nitrogen and oxygen atoms in total. The summed E-state index contributed by atoms with van der Waals surface area (Å²) >= 11 is 0. The number of rotatable bonds is 3. The fraction of sp³-hybridized carbons (Fsp3) is 0.750. The maximum absolute atomic E-state index is 12.6. The fourth-order valence-electron chi connectivity index (χ4n) is 6.34. The molecule has 0 radical (unpaired) electrons. The molecule has 24 heavy (non-hydrogen) atoms. The number of methoxy groups -OCH3 is 1. The Kier molecular flexibility index (Phi) is 4.21. The van der Waals surface area contributed by atoms with E-state index >= 15 is 0 Å². The molecule has 0 bridgehead atoms. The van der Waals surface area contributed by atoms with Gasteiger partial charge in [-0.05, 0) is 56.4 Å². The van der Waals surface area contributed by atoms with Crippen LogP contribution in [0.5, 0.6) is 0 Å². The summed E-state index contributed by atoms with van der Waals surface area (Å²) in [4.78, 5) is 36.1. The van der Waals surface area contributed by atoms with Crippen LogP contribution in [0, 0.1) is 22.2 Å². The highest BCUT2D eigenvalue weighted by molar-refractivity contribution is 5.92. The zero-order chi connectivity index (χ0) is 17.6. The average molecular weight is 332 g/mol. The van der Waals surface area contributed by atoms with E-state index in [0.29, 0.717) is 12.8 Å². The van der Waals surface area contributed by atoms with Crippen LogP contribution in [0.2, 0.25) is 0 Å². The molecule has 0 spiro atoms. The minimum atomic E-state index is -0.495. The summed E-state index contributed by atoms with van der Waals surface area (Å²) in [7, 11) is 1.47. The maximum atomic E-state index is 12.6. The van der Waals surface area contributed by atoms with Crippen LogP contribution < -0.4 is 0 Å². The largest absolute Gasteiger partial charge is 0.469 e. The quantitative estimate of drug-likeness (QED) is 0.585. The topological polar surface area (TPSA) is 60.4 Å². The van der Waals surface area contributed by atoms with Gasteiger partial charge in [0, 0.05) is 18.3 Å². The lowest BCUT2D eigenvalue weighted by molar-refractivity contribution is -0.176. The molecule has 4 heteroatoms. The molecule has 132 valence electrons. The molecular formula is C20H28O4. The van der Waals surface area contributed by atoms with E-state index in [1.807, 2.05) is 6.92 Å². The van der Waals surface area contributed by atoms with Gasteiger partial charge in [-0.25, -0.2) is 0 Å². The lowest BCUT2D eigenvalue weighted by Gasteiger charge is -2.64. The van der Waals surface area contributed by atoms with Crippen molar-refractivity contribution in [2.24, 2.45) is 22.2 Å². The molecule has 0 aromatic heterocycles. The van der Waals surface area contributed by atoms with Crippen LogP contribution >= 0.6 is 0 Å². The molecule has 0 saturated heterocycles. The fourth-order valence-corrected chi connectivity index (χ4v) is 6.34. The highest BCUT2D eigenvalue weighted by atomic mass is 16.5. The lowest BCUT2D eigenvalue weighted by Crippen LogP contribution is -2.59. The molecule has 0 aromatic rings. The van der Waals surface area contributed by atoms with E-state index in [2.05, 4.69) is 6.92 Å². The van der Waals surface area contributed by atoms with Gasteiger partial charge in [0.15, 0.2) is 5.78 Å². The van der Waals surface area contributed by atoms with Crippen molar-refractivity contribution in [2.75, 3.05) is 7.11 Å². The van der Waals surface area contributed by atoms with Crippen molar-refractivity contribution in [3.05, 3.63) is 11.6 Å². The summed E-state index contributed by atoms with van der Waals surface area (Å²) in [6, 6.07) is 0. The molecule has 0 aliphatic heterocycles. The van der Waals surface area contributed by atoms with Crippen molar-refractivity contribution < 1.29 is 19.1 Å². The van der Waals surface area contributed by atoms with Crippen molar-refractivity contribution in [3.8, 4) is 0 Å². The third-order valence-electron chi connectivity index (χ3n) is 7.56. The number of ketones is 1. The molecule has 0 N–H and O–H groups in total. The minimum Gasteiger partial charge on any atom is -0.469 e. The van der Waals surface area contributed by atoms with Crippen LogP contribution in [-0.4, -0.2) is 25.1 Å². The first-order valence-corrected chi connectivity index (χ1v) is 9.10. The van der Waals surface area contributed by atoms with Gasteiger partial charge < -0.3 is 9.53 Å². The van der Waals surface area contributed by atoms with Gasteiger partial charge >= 0.3 is 5.97 Å². The van der Waals surface area contributed by atoms with Crippen LogP contribution in [0.25, 0.3) is 0 Å². The molecule has 3 aliphatic carbocycles. The number of esters is 1. The Balaban J connectivity index is 2.12. The average Bonchev–Trinajstić information content (AvgIpc) is 2.55. The number of carbonyl (C=O) groups excluding carboxylic acids is 3. The third-order valence-corrected chi connectivity index (χ3v) is 7.56. The Labute approximate surface area is 144 Å². The Bertz CT molecular complexity index is 607. The smallest absolute Gasteiger partial charge is 0.311 e. The van der Waals surface area contributed by atoms with E-state index in [-0.39, 0.29) is 28.5 Å². The van der Waals surface area contributed by atoms with E-state index in [9.17, 15) is 14.4 Å². The summed E-state index contributed by atoms with van der Waals surface area (Å²) in [5, 5.41) is 0. The highest BCUT2D eigenvalue weighted by Gasteiger charge is 2.64. The Hall–Kier alpha value is -1.45. The maximum Gasteiger partial charge on any atom is 0.311 e. The van der Waals surface area contributed by atoms with E-state index in [1.54, 1.807) is 6.08 Å². The number of allylic oxidation sites excluding steroid dienone is 2. The molecule has 2 saturated carbocycles. The van der Waals surface area contributed by atoms with E-state index in [4.69, 9.17) is 4.74 Å². The molecular weight excluding hydrogens is 304 g/mol. The van der Waals surface area contributed by atoms with Gasteiger partial charge in [0.2, 0.25) is 0 Å². The number of aldehydes is 1. The van der Waals surface area contributed by atoms with Crippen LogP contribution in [0.4, 0.5) is 0 Å². The molecule has 3 aliphatic rings. The first-order chi connectivity index (χ1) is 11.3. The van der Waals surface area contributed by atoms with Crippen molar-refractivity contribution in [3.63, 3.8) is 0 Å². The van der Waals surface area contributed by atoms with Gasteiger partial charge in [0.05, 0.1) is 12.5 Å². The predicted molar refractivity (Wildman–Crippen MR) is 90.2 cm³/mol. The second-order valence-corrected chi connectivity index (χ2v) is 8.36. The second-order valence-electron chi connectivity index (χ2n) is 8.36. The minimum absolute atomic E-state index is 0.126. The summed E-state index contributed by atoms with van der Waals surface area (Å²) in [5.41, 5.74) is 0.255.